The fraction of sp³-hybridized carbons (Fsp3) is 0.815. The third-order valence-corrected chi connectivity index (χ3v) is 8.56. The largest absolute Gasteiger partial charge is 0.490 e. The molecule has 0 saturated carbocycles. The van der Waals surface area contributed by atoms with E-state index >= 15 is 0 Å². The Bertz CT molecular complexity index is 994. The van der Waals surface area contributed by atoms with Crippen LogP contribution in [0, 0.1) is 11.8 Å². The van der Waals surface area contributed by atoms with Gasteiger partial charge in [0.15, 0.2) is 0 Å². The number of hydrogen-bond donors (Lipinski definition) is 1. The van der Waals surface area contributed by atoms with Gasteiger partial charge in [0, 0.05) is 32.6 Å². The molecule has 0 aromatic rings. The summed E-state index contributed by atoms with van der Waals surface area (Å²) >= 11 is 0. The summed E-state index contributed by atoms with van der Waals surface area (Å²) in [5.74, 6) is -5.68. The molecule has 3 amide bonds. The molecule has 12 heteroatoms. The second-order valence-corrected chi connectivity index (χ2v) is 13.3. The van der Waals surface area contributed by atoms with Gasteiger partial charge in [-0.05, 0) is 79.1 Å². The average molecular weight is 555 g/mol. The first-order valence-electron chi connectivity index (χ1n) is 13.6. The Morgan fingerprint density at radius 3 is 2.08 bits per heavy atom. The molecular weight excluding hydrogens is 511 g/mol. The molecule has 0 spiro atoms. The highest BCUT2D eigenvalue weighted by Gasteiger charge is 2.55. The SMILES string of the molecule is CN(C)C(=O)[C@@H](C1CC=C(B2OC(C)(C)C(C)(C)O2)CC1)[C@@H](C(=O)N1CCC(F)(F)C1)N(C(=O)O)C(C)(C)C. The average Bonchev–Trinajstić information content (AvgIpc) is 3.26. The monoisotopic (exact) mass is 555 g/mol. The number of allylic oxidation sites excluding steroid dienone is 2. The molecule has 0 radical (unpaired) electrons. The first-order valence-corrected chi connectivity index (χ1v) is 13.6. The molecule has 0 aromatic heterocycles. The topological polar surface area (TPSA) is 99.6 Å². The molecule has 0 aromatic carbocycles. The second-order valence-electron chi connectivity index (χ2n) is 13.3. The van der Waals surface area contributed by atoms with Gasteiger partial charge in [-0.2, -0.15) is 0 Å². The van der Waals surface area contributed by atoms with Crippen molar-refractivity contribution in [3.63, 3.8) is 0 Å². The quantitative estimate of drug-likeness (QED) is 0.497. The predicted octanol–water partition coefficient (Wildman–Crippen LogP) is 4.06. The lowest BCUT2D eigenvalue weighted by molar-refractivity contribution is -0.150. The molecule has 3 aliphatic rings. The highest BCUT2D eigenvalue weighted by atomic mass is 19.3. The maximum absolute atomic E-state index is 14.1. The predicted molar refractivity (Wildman–Crippen MR) is 143 cm³/mol. The van der Waals surface area contributed by atoms with E-state index in [2.05, 4.69) is 0 Å². The van der Waals surface area contributed by atoms with Crippen molar-refractivity contribution in [1.82, 2.24) is 14.7 Å². The van der Waals surface area contributed by atoms with Gasteiger partial charge in [-0.25, -0.2) is 13.6 Å². The molecule has 2 fully saturated rings. The normalized spacial score (nSPS) is 25.6. The maximum Gasteiger partial charge on any atom is 0.490 e. The fourth-order valence-electron chi connectivity index (χ4n) is 5.66. The van der Waals surface area contributed by atoms with E-state index in [-0.39, 0.29) is 6.54 Å². The van der Waals surface area contributed by atoms with Crippen molar-refractivity contribution in [2.75, 3.05) is 27.2 Å². The number of carboxylic acid groups (broad SMARTS) is 1. The summed E-state index contributed by atoms with van der Waals surface area (Å²) in [5.41, 5.74) is -1.16. The van der Waals surface area contributed by atoms with Crippen molar-refractivity contribution >= 4 is 25.0 Å². The van der Waals surface area contributed by atoms with E-state index in [1.165, 1.54) is 4.90 Å². The molecule has 220 valence electrons. The number of rotatable bonds is 6. The van der Waals surface area contributed by atoms with Crippen LogP contribution in [0.5, 0.6) is 0 Å². The minimum Gasteiger partial charge on any atom is -0.465 e. The number of alkyl halides is 2. The van der Waals surface area contributed by atoms with Crippen LogP contribution in [0.15, 0.2) is 11.5 Å². The van der Waals surface area contributed by atoms with Crippen LogP contribution in [0.4, 0.5) is 13.6 Å². The highest BCUT2D eigenvalue weighted by molar-refractivity contribution is 6.54. The van der Waals surface area contributed by atoms with Gasteiger partial charge < -0.3 is 24.2 Å². The minimum atomic E-state index is -3.05. The summed E-state index contributed by atoms with van der Waals surface area (Å²) in [5, 5.41) is 10.3. The molecule has 2 aliphatic heterocycles. The summed E-state index contributed by atoms with van der Waals surface area (Å²) in [6.07, 6.45) is 1.49. The van der Waals surface area contributed by atoms with Gasteiger partial charge in [-0.3, -0.25) is 14.5 Å². The lowest BCUT2D eigenvalue weighted by Crippen LogP contribution is -2.63. The summed E-state index contributed by atoms with van der Waals surface area (Å²) in [6.45, 7) is 11.8. The zero-order chi connectivity index (χ0) is 29.7. The molecule has 2 heterocycles. The van der Waals surface area contributed by atoms with E-state index in [1.54, 1.807) is 34.9 Å². The second kappa shape index (κ2) is 10.6. The Morgan fingerprint density at radius 1 is 1.13 bits per heavy atom. The number of carbonyl (C=O) groups excluding carboxylic acids is 2. The zero-order valence-electron chi connectivity index (χ0n) is 24.7. The summed E-state index contributed by atoms with van der Waals surface area (Å²) in [7, 11) is 2.57. The molecular formula is C27H44BF2N3O6. The first-order chi connectivity index (χ1) is 17.7. The molecule has 0 bridgehead atoms. The van der Waals surface area contributed by atoms with Crippen LogP contribution < -0.4 is 0 Å². The van der Waals surface area contributed by atoms with Crippen molar-refractivity contribution in [3.05, 3.63) is 11.5 Å². The van der Waals surface area contributed by atoms with Gasteiger partial charge >= 0.3 is 13.2 Å². The molecule has 39 heavy (non-hydrogen) atoms. The van der Waals surface area contributed by atoms with Crippen molar-refractivity contribution < 1.29 is 37.6 Å². The summed E-state index contributed by atoms with van der Waals surface area (Å²) in [4.78, 5) is 43.6. The van der Waals surface area contributed by atoms with E-state index in [9.17, 15) is 28.3 Å². The van der Waals surface area contributed by atoms with Crippen molar-refractivity contribution in [3.8, 4) is 0 Å². The van der Waals surface area contributed by atoms with E-state index in [1.807, 2.05) is 33.8 Å². The van der Waals surface area contributed by atoms with E-state index in [4.69, 9.17) is 9.31 Å². The van der Waals surface area contributed by atoms with Crippen molar-refractivity contribution in [1.29, 1.82) is 0 Å². The van der Waals surface area contributed by atoms with Gasteiger partial charge in [0.2, 0.25) is 11.8 Å². The third-order valence-electron chi connectivity index (χ3n) is 8.56. The van der Waals surface area contributed by atoms with Gasteiger partial charge in [0.05, 0.1) is 23.7 Å². The number of nitrogens with zero attached hydrogens (tertiary/aromatic N) is 3. The van der Waals surface area contributed by atoms with Crippen LogP contribution >= 0.6 is 0 Å². The van der Waals surface area contributed by atoms with Gasteiger partial charge in [-0.15, -0.1) is 0 Å². The van der Waals surface area contributed by atoms with Crippen LogP contribution in [0.2, 0.25) is 0 Å². The van der Waals surface area contributed by atoms with E-state index in [0.717, 1.165) is 15.3 Å². The number of hydrogen-bond acceptors (Lipinski definition) is 5. The maximum atomic E-state index is 14.1. The molecule has 1 aliphatic carbocycles. The van der Waals surface area contributed by atoms with Crippen LogP contribution in [-0.2, 0) is 18.9 Å². The standard InChI is InChI=1S/C27H44BF2N3O6/c1-24(2,3)33(23(36)37)20(22(35)32-15-14-27(29,30)16-32)19(21(34)31(8)9)17-10-12-18(13-11-17)28-38-25(4,5)26(6,7)39-28/h12,17,19-20H,10-11,13-16H2,1-9H3,(H,36,37)/t17?,19-,20-/m0/s1. The van der Waals surface area contributed by atoms with Gasteiger partial charge in [0.25, 0.3) is 5.92 Å². The molecule has 3 atom stereocenters. The van der Waals surface area contributed by atoms with Crippen molar-refractivity contribution in [2.45, 2.75) is 103 Å². The smallest absolute Gasteiger partial charge is 0.465 e. The van der Waals surface area contributed by atoms with Crippen LogP contribution in [-0.4, -0.2) is 101 Å². The minimum absolute atomic E-state index is 0.195. The van der Waals surface area contributed by atoms with Crippen LogP contribution in [0.1, 0.15) is 74.1 Å². The van der Waals surface area contributed by atoms with Crippen molar-refractivity contribution in [2.24, 2.45) is 11.8 Å². The zero-order valence-corrected chi connectivity index (χ0v) is 24.7. The van der Waals surface area contributed by atoms with Gasteiger partial charge in [0.1, 0.15) is 6.04 Å². The fourth-order valence-corrected chi connectivity index (χ4v) is 5.66. The molecule has 1 N–H and O–H groups in total. The summed E-state index contributed by atoms with van der Waals surface area (Å²) < 4.78 is 40.6. The summed E-state index contributed by atoms with van der Waals surface area (Å²) in [6, 6.07) is -1.46. The molecule has 1 unspecified atom stereocenters. The van der Waals surface area contributed by atoms with Crippen LogP contribution in [0.3, 0.4) is 0 Å². The lowest BCUT2D eigenvalue weighted by Gasteiger charge is -2.45. The number of carbonyl (C=O) groups is 3. The first kappa shape index (κ1) is 31.3. The Labute approximate surface area is 231 Å². The van der Waals surface area contributed by atoms with E-state index in [0.29, 0.717) is 19.3 Å². The number of halogens is 2. The third kappa shape index (κ3) is 6.42. The number of likely N-dealkylation sites (tertiary alicyclic amines) is 1. The molecule has 2 saturated heterocycles. The Kier molecular flexibility index (Phi) is 8.55. The van der Waals surface area contributed by atoms with Gasteiger partial charge in [-0.1, -0.05) is 6.08 Å². The lowest BCUT2D eigenvalue weighted by atomic mass is 9.67. The molecule has 9 nitrogen and oxygen atoms in total. The highest BCUT2D eigenvalue weighted by Crippen LogP contribution is 2.43. The Morgan fingerprint density at radius 2 is 1.69 bits per heavy atom. The Balaban J connectivity index is 2.00. The van der Waals surface area contributed by atoms with E-state index < -0.39 is 78.5 Å². The number of amides is 3. The molecule has 3 rings (SSSR count). The van der Waals surface area contributed by atoms with Crippen LogP contribution in [0.25, 0.3) is 0 Å². The Hall–Kier alpha value is -2.21.